The summed E-state index contributed by atoms with van der Waals surface area (Å²) in [5, 5.41) is 0. The third kappa shape index (κ3) is 4.44. The Morgan fingerprint density at radius 3 is 2.63 bits per heavy atom. The van der Waals surface area contributed by atoms with Crippen molar-refractivity contribution in [3.05, 3.63) is 29.8 Å². The molecule has 0 spiro atoms. The van der Waals surface area contributed by atoms with E-state index in [0.717, 1.165) is 11.3 Å². The summed E-state index contributed by atoms with van der Waals surface area (Å²) in [5.41, 5.74) is 4.61. The first-order valence-electron chi connectivity index (χ1n) is 6.40. The summed E-state index contributed by atoms with van der Waals surface area (Å²) in [4.78, 5) is 20.1. The summed E-state index contributed by atoms with van der Waals surface area (Å²) in [6.45, 7) is 4.62. The fraction of sp³-hybridized carbons (Fsp3) is 0.500. The van der Waals surface area contributed by atoms with E-state index in [1.165, 1.54) is 4.90 Å². The van der Waals surface area contributed by atoms with E-state index < -0.39 is 6.09 Å². The molecule has 0 aromatic heterocycles. The highest BCUT2D eigenvalue weighted by molar-refractivity contribution is 5.68. The second-order valence-corrected chi connectivity index (χ2v) is 4.75. The van der Waals surface area contributed by atoms with Gasteiger partial charge in [-0.05, 0) is 45.6 Å². The molecule has 0 saturated carbocycles. The quantitative estimate of drug-likeness (QED) is 0.831. The molecule has 1 amide bonds. The van der Waals surface area contributed by atoms with Gasteiger partial charge in [0.15, 0.2) is 0 Å². The van der Waals surface area contributed by atoms with Crippen LogP contribution in [0.2, 0.25) is 0 Å². The number of hydrogen-bond acceptors (Lipinski definition) is 4. The Bertz CT molecular complexity index is 421. The van der Waals surface area contributed by atoms with Crippen LogP contribution < -0.4 is 5.48 Å². The van der Waals surface area contributed by atoms with Gasteiger partial charge in [0.05, 0.1) is 5.69 Å². The number of benzene rings is 1. The summed E-state index contributed by atoms with van der Waals surface area (Å²) < 4.78 is 0. The van der Waals surface area contributed by atoms with Gasteiger partial charge >= 0.3 is 6.09 Å². The van der Waals surface area contributed by atoms with E-state index in [1.807, 2.05) is 39.2 Å². The van der Waals surface area contributed by atoms with Gasteiger partial charge < -0.3 is 14.6 Å². The van der Waals surface area contributed by atoms with Gasteiger partial charge in [0.2, 0.25) is 0 Å². The second-order valence-electron chi connectivity index (χ2n) is 4.75. The standard InChI is InChI=1S/C14H23N3O2/c1-6-17(5)14(18)19-15-13-9-7-8-12(10-13)11(2)16(3)4/h7-11,15H,6H2,1-5H3. The predicted molar refractivity (Wildman–Crippen MR) is 77.0 cm³/mol. The molecular formula is C14H23N3O2. The molecule has 0 aliphatic carbocycles. The summed E-state index contributed by atoms with van der Waals surface area (Å²) in [6.07, 6.45) is -0.395. The van der Waals surface area contributed by atoms with Crippen LogP contribution >= 0.6 is 0 Å². The Morgan fingerprint density at radius 1 is 1.37 bits per heavy atom. The van der Waals surface area contributed by atoms with Crippen molar-refractivity contribution in [2.75, 3.05) is 33.2 Å². The molecule has 0 aliphatic heterocycles. The Morgan fingerprint density at radius 2 is 2.05 bits per heavy atom. The molecule has 0 heterocycles. The monoisotopic (exact) mass is 265 g/mol. The summed E-state index contributed by atoms with van der Waals surface area (Å²) in [5.74, 6) is 0. The number of nitrogens with zero attached hydrogens (tertiary/aromatic N) is 2. The molecule has 1 aromatic rings. The Hall–Kier alpha value is -1.75. The maximum Gasteiger partial charge on any atom is 0.433 e. The molecule has 1 N–H and O–H groups in total. The van der Waals surface area contributed by atoms with Gasteiger partial charge in [0.1, 0.15) is 0 Å². The Balaban J connectivity index is 2.65. The van der Waals surface area contributed by atoms with Crippen LogP contribution in [0.25, 0.3) is 0 Å². The Kier molecular flexibility index (Phi) is 5.63. The van der Waals surface area contributed by atoms with E-state index in [4.69, 9.17) is 4.84 Å². The van der Waals surface area contributed by atoms with E-state index in [9.17, 15) is 4.79 Å². The van der Waals surface area contributed by atoms with Gasteiger partial charge in [-0.15, -0.1) is 0 Å². The maximum absolute atomic E-state index is 11.5. The van der Waals surface area contributed by atoms with Gasteiger partial charge in [0.25, 0.3) is 0 Å². The molecule has 0 radical (unpaired) electrons. The zero-order chi connectivity index (χ0) is 14.4. The van der Waals surface area contributed by atoms with Gasteiger partial charge in [-0.1, -0.05) is 12.1 Å². The first-order chi connectivity index (χ1) is 8.95. The van der Waals surface area contributed by atoms with Gasteiger partial charge in [-0.25, -0.2) is 10.3 Å². The number of hydrogen-bond donors (Lipinski definition) is 1. The van der Waals surface area contributed by atoms with E-state index in [-0.39, 0.29) is 0 Å². The highest BCUT2D eigenvalue weighted by atomic mass is 16.7. The van der Waals surface area contributed by atoms with Crippen molar-refractivity contribution < 1.29 is 9.63 Å². The minimum absolute atomic E-state index is 0.302. The number of carbonyl (C=O) groups excluding carboxylic acids is 1. The molecular weight excluding hydrogens is 242 g/mol. The molecule has 1 unspecified atom stereocenters. The average Bonchev–Trinajstić information content (AvgIpc) is 2.43. The fourth-order valence-corrected chi connectivity index (χ4v) is 1.47. The lowest BCUT2D eigenvalue weighted by molar-refractivity contribution is 0.134. The van der Waals surface area contributed by atoms with Crippen molar-refractivity contribution in [2.45, 2.75) is 19.9 Å². The molecule has 19 heavy (non-hydrogen) atoms. The van der Waals surface area contributed by atoms with Crippen molar-refractivity contribution in [3.8, 4) is 0 Å². The molecule has 106 valence electrons. The summed E-state index contributed by atoms with van der Waals surface area (Å²) in [7, 11) is 5.75. The van der Waals surface area contributed by atoms with Crippen molar-refractivity contribution in [1.82, 2.24) is 9.80 Å². The van der Waals surface area contributed by atoms with Gasteiger partial charge in [-0.2, -0.15) is 0 Å². The summed E-state index contributed by atoms with van der Waals surface area (Å²) >= 11 is 0. The van der Waals surface area contributed by atoms with Gasteiger partial charge in [-0.3, -0.25) is 0 Å². The molecule has 0 bridgehead atoms. The first-order valence-corrected chi connectivity index (χ1v) is 6.40. The first kappa shape index (κ1) is 15.3. The van der Waals surface area contributed by atoms with Crippen molar-refractivity contribution in [3.63, 3.8) is 0 Å². The normalized spacial score (nSPS) is 12.1. The SMILES string of the molecule is CCN(C)C(=O)ONc1cccc(C(C)N(C)C)c1. The van der Waals surface area contributed by atoms with E-state index in [2.05, 4.69) is 23.4 Å². The number of anilines is 1. The van der Waals surface area contributed by atoms with E-state index >= 15 is 0 Å². The topological polar surface area (TPSA) is 44.8 Å². The van der Waals surface area contributed by atoms with Crippen LogP contribution in [-0.2, 0) is 4.84 Å². The van der Waals surface area contributed by atoms with Crippen molar-refractivity contribution in [1.29, 1.82) is 0 Å². The zero-order valence-electron chi connectivity index (χ0n) is 12.3. The molecule has 5 heteroatoms. The molecule has 0 aliphatic rings. The van der Waals surface area contributed by atoms with Crippen molar-refractivity contribution in [2.24, 2.45) is 0 Å². The van der Waals surface area contributed by atoms with Crippen molar-refractivity contribution >= 4 is 11.8 Å². The smallest absolute Gasteiger partial charge is 0.324 e. The highest BCUT2D eigenvalue weighted by Crippen LogP contribution is 2.20. The predicted octanol–water partition coefficient (Wildman–Crippen LogP) is 2.72. The van der Waals surface area contributed by atoms with Crippen LogP contribution in [0.1, 0.15) is 25.5 Å². The third-order valence-electron chi connectivity index (χ3n) is 3.19. The minimum Gasteiger partial charge on any atom is -0.324 e. The average molecular weight is 265 g/mol. The number of rotatable bonds is 5. The van der Waals surface area contributed by atoms with Gasteiger partial charge in [0, 0.05) is 19.6 Å². The van der Waals surface area contributed by atoms with Crippen LogP contribution in [-0.4, -0.2) is 43.6 Å². The molecule has 0 fully saturated rings. The molecule has 1 atom stereocenters. The highest BCUT2D eigenvalue weighted by Gasteiger charge is 2.10. The lowest BCUT2D eigenvalue weighted by Crippen LogP contribution is -2.28. The van der Waals surface area contributed by atoms with Crippen LogP contribution in [0.5, 0.6) is 0 Å². The second kappa shape index (κ2) is 6.99. The lowest BCUT2D eigenvalue weighted by atomic mass is 10.1. The maximum atomic E-state index is 11.5. The minimum atomic E-state index is -0.395. The summed E-state index contributed by atoms with van der Waals surface area (Å²) in [6, 6.07) is 8.13. The number of nitrogens with one attached hydrogen (secondary N) is 1. The van der Waals surface area contributed by atoms with Crippen LogP contribution in [0.3, 0.4) is 0 Å². The number of amides is 1. The van der Waals surface area contributed by atoms with E-state index in [0.29, 0.717) is 12.6 Å². The van der Waals surface area contributed by atoms with E-state index in [1.54, 1.807) is 7.05 Å². The molecule has 0 saturated heterocycles. The molecule has 5 nitrogen and oxygen atoms in total. The third-order valence-corrected chi connectivity index (χ3v) is 3.19. The number of carbonyl (C=O) groups is 1. The van der Waals surface area contributed by atoms with Crippen LogP contribution in [0, 0.1) is 0 Å². The van der Waals surface area contributed by atoms with Crippen LogP contribution in [0.15, 0.2) is 24.3 Å². The molecule has 1 aromatic carbocycles. The fourth-order valence-electron chi connectivity index (χ4n) is 1.47. The molecule has 1 rings (SSSR count). The lowest BCUT2D eigenvalue weighted by Gasteiger charge is -2.21. The van der Waals surface area contributed by atoms with Crippen LogP contribution in [0.4, 0.5) is 10.5 Å². The Labute approximate surface area is 115 Å². The zero-order valence-corrected chi connectivity index (χ0v) is 12.3. The largest absolute Gasteiger partial charge is 0.433 e.